The SMILES string of the molecule is COc1ccc(S(=O)(=O)NC(OCC2CCCCC2)[C@H](O)[C@H](Cc2ccccc2)NC(=O)OC(C)(C)C)cc1. The molecule has 1 fully saturated rings. The molecule has 0 spiro atoms. The maximum Gasteiger partial charge on any atom is 0.407 e. The van der Waals surface area contributed by atoms with Crippen LogP contribution in [0.3, 0.4) is 0 Å². The molecule has 39 heavy (non-hydrogen) atoms. The smallest absolute Gasteiger partial charge is 0.407 e. The van der Waals surface area contributed by atoms with E-state index >= 15 is 0 Å². The molecule has 0 bridgehead atoms. The Morgan fingerprint density at radius 2 is 1.67 bits per heavy atom. The van der Waals surface area contributed by atoms with Crippen molar-refractivity contribution < 1.29 is 32.5 Å². The standard InChI is InChI=1S/C29H42N2O7S/c1-29(2,3)38-28(33)30-25(19-21-11-7-5-8-12-21)26(32)27(37-20-22-13-9-6-10-14-22)31-39(34,35)24-17-15-23(36-4)16-18-24/h5,7-8,11-12,15-18,22,25-27,31-32H,6,9-10,13-14,19-20H2,1-4H3,(H,30,33)/t25-,26+,27?/m0/s1. The van der Waals surface area contributed by atoms with Gasteiger partial charge < -0.3 is 24.6 Å². The van der Waals surface area contributed by atoms with Crippen LogP contribution < -0.4 is 14.8 Å². The van der Waals surface area contributed by atoms with E-state index in [2.05, 4.69) is 10.0 Å². The molecular formula is C29H42N2O7S. The number of carbonyl (C=O) groups is 1. The van der Waals surface area contributed by atoms with E-state index in [1.54, 1.807) is 32.9 Å². The van der Waals surface area contributed by atoms with Gasteiger partial charge >= 0.3 is 6.09 Å². The van der Waals surface area contributed by atoms with E-state index in [0.717, 1.165) is 31.2 Å². The van der Waals surface area contributed by atoms with Crippen LogP contribution in [0.1, 0.15) is 58.4 Å². The molecule has 1 aliphatic carbocycles. The van der Waals surface area contributed by atoms with Crippen molar-refractivity contribution in [2.75, 3.05) is 13.7 Å². The van der Waals surface area contributed by atoms with Crippen molar-refractivity contribution in [2.45, 2.75) is 88.2 Å². The van der Waals surface area contributed by atoms with Gasteiger partial charge in [0, 0.05) is 0 Å². The first-order valence-corrected chi connectivity index (χ1v) is 14.9. The Bertz CT molecular complexity index is 1130. The van der Waals surface area contributed by atoms with Gasteiger partial charge in [0.2, 0.25) is 10.0 Å². The summed E-state index contributed by atoms with van der Waals surface area (Å²) in [6.45, 7) is 5.52. The maximum atomic E-state index is 13.3. The quantitative estimate of drug-likeness (QED) is 0.328. The fourth-order valence-corrected chi connectivity index (χ4v) is 5.71. The lowest BCUT2D eigenvalue weighted by atomic mass is 9.90. The van der Waals surface area contributed by atoms with Gasteiger partial charge in [0.1, 0.15) is 23.7 Å². The number of benzene rings is 2. The van der Waals surface area contributed by atoms with Gasteiger partial charge in [-0.15, -0.1) is 0 Å². The summed E-state index contributed by atoms with van der Waals surface area (Å²) < 4.78 is 45.9. The lowest BCUT2D eigenvalue weighted by molar-refractivity contribution is -0.0715. The molecule has 1 saturated carbocycles. The summed E-state index contributed by atoms with van der Waals surface area (Å²) in [6.07, 6.45) is 2.10. The molecule has 9 nitrogen and oxygen atoms in total. The molecule has 0 radical (unpaired) electrons. The van der Waals surface area contributed by atoms with Crippen LogP contribution in [0.15, 0.2) is 59.5 Å². The number of methoxy groups -OCH3 is 1. The molecule has 0 saturated heterocycles. The normalized spacial score (nSPS) is 17.2. The first kappa shape index (κ1) is 30.9. The summed E-state index contributed by atoms with van der Waals surface area (Å²) in [5.41, 5.74) is 0.0979. The molecule has 3 rings (SSSR count). The highest BCUT2D eigenvalue weighted by atomic mass is 32.2. The molecule has 0 aromatic heterocycles. The Morgan fingerprint density at radius 3 is 2.26 bits per heavy atom. The van der Waals surface area contributed by atoms with Gasteiger partial charge in [0.15, 0.2) is 0 Å². The number of aliphatic hydroxyl groups is 1. The average Bonchev–Trinajstić information content (AvgIpc) is 2.90. The molecule has 0 heterocycles. The Balaban J connectivity index is 1.87. The number of ether oxygens (including phenoxy) is 3. The molecule has 0 aliphatic heterocycles. The zero-order valence-corrected chi connectivity index (χ0v) is 24.1. The largest absolute Gasteiger partial charge is 0.497 e. The van der Waals surface area contributed by atoms with Gasteiger partial charge in [-0.2, -0.15) is 4.72 Å². The molecule has 3 N–H and O–H groups in total. The maximum absolute atomic E-state index is 13.3. The van der Waals surface area contributed by atoms with E-state index in [0.29, 0.717) is 5.75 Å². The van der Waals surface area contributed by atoms with Crippen molar-refractivity contribution >= 4 is 16.1 Å². The summed E-state index contributed by atoms with van der Waals surface area (Å²) in [6, 6.07) is 14.4. The van der Waals surface area contributed by atoms with E-state index in [-0.39, 0.29) is 23.8 Å². The third-order valence-corrected chi connectivity index (χ3v) is 8.04. The number of aliphatic hydroxyl groups excluding tert-OH is 1. The minimum atomic E-state index is -4.08. The second kappa shape index (κ2) is 14.1. The molecule has 1 amide bonds. The fraction of sp³-hybridized carbons (Fsp3) is 0.552. The predicted molar refractivity (Wildman–Crippen MR) is 149 cm³/mol. The van der Waals surface area contributed by atoms with Crippen LogP contribution in [0.25, 0.3) is 0 Å². The lowest BCUT2D eigenvalue weighted by Crippen LogP contribution is -2.56. The summed E-state index contributed by atoms with van der Waals surface area (Å²) in [5.74, 6) is 0.786. The van der Waals surface area contributed by atoms with Crippen LogP contribution >= 0.6 is 0 Å². The number of alkyl carbamates (subject to hydrolysis) is 1. The van der Waals surface area contributed by atoms with Crippen LogP contribution in [0.5, 0.6) is 5.75 Å². The summed E-state index contributed by atoms with van der Waals surface area (Å²) in [4.78, 5) is 12.7. The van der Waals surface area contributed by atoms with Gasteiger partial charge in [-0.3, -0.25) is 0 Å². The third-order valence-electron chi connectivity index (χ3n) is 6.60. The zero-order valence-electron chi connectivity index (χ0n) is 23.3. The topological polar surface area (TPSA) is 123 Å². The molecule has 3 atom stereocenters. The van der Waals surface area contributed by atoms with E-state index in [9.17, 15) is 18.3 Å². The highest BCUT2D eigenvalue weighted by molar-refractivity contribution is 7.89. The molecular weight excluding hydrogens is 520 g/mol. The van der Waals surface area contributed by atoms with Crippen LogP contribution in [0.4, 0.5) is 4.79 Å². The number of nitrogens with one attached hydrogen (secondary N) is 2. The first-order chi connectivity index (χ1) is 18.5. The summed E-state index contributed by atoms with van der Waals surface area (Å²) in [5, 5.41) is 14.3. The van der Waals surface area contributed by atoms with Crippen molar-refractivity contribution in [2.24, 2.45) is 5.92 Å². The number of hydrogen-bond donors (Lipinski definition) is 3. The highest BCUT2D eigenvalue weighted by Gasteiger charge is 2.35. The second-order valence-electron chi connectivity index (χ2n) is 11.0. The molecule has 1 unspecified atom stereocenters. The molecule has 2 aromatic carbocycles. The number of rotatable bonds is 12. The van der Waals surface area contributed by atoms with Crippen LogP contribution in [0, 0.1) is 5.92 Å². The second-order valence-corrected chi connectivity index (χ2v) is 12.7. The summed E-state index contributed by atoms with van der Waals surface area (Å²) >= 11 is 0. The van der Waals surface area contributed by atoms with Gasteiger partial charge in [-0.05, 0) is 75.8 Å². The Morgan fingerprint density at radius 1 is 1.03 bits per heavy atom. The number of carbonyl (C=O) groups excluding carboxylic acids is 1. The predicted octanol–water partition coefficient (Wildman–Crippen LogP) is 4.39. The fourth-order valence-electron chi connectivity index (χ4n) is 4.57. The van der Waals surface area contributed by atoms with E-state index in [1.807, 2.05) is 30.3 Å². The Hall–Kier alpha value is -2.66. The van der Waals surface area contributed by atoms with E-state index in [4.69, 9.17) is 14.2 Å². The lowest BCUT2D eigenvalue weighted by Gasteiger charge is -2.33. The van der Waals surface area contributed by atoms with Gasteiger partial charge in [0.05, 0.1) is 24.7 Å². The molecule has 10 heteroatoms. The molecule has 2 aromatic rings. The minimum absolute atomic E-state index is 0.00137. The van der Waals surface area contributed by atoms with Crippen molar-refractivity contribution in [1.29, 1.82) is 0 Å². The molecule has 1 aliphatic rings. The van der Waals surface area contributed by atoms with Crippen LogP contribution in [-0.2, 0) is 25.9 Å². The van der Waals surface area contributed by atoms with Gasteiger partial charge in [0.25, 0.3) is 0 Å². The highest BCUT2D eigenvalue weighted by Crippen LogP contribution is 2.25. The van der Waals surface area contributed by atoms with Crippen molar-refractivity contribution in [3.8, 4) is 5.75 Å². The van der Waals surface area contributed by atoms with Gasteiger partial charge in [-0.25, -0.2) is 13.2 Å². The van der Waals surface area contributed by atoms with Gasteiger partial charge in [-0.1, -0.05) is 49.6 Å². The Labute approximate surface area is 232 Å². The Kier molecular flexibility index (Phi) is 11.2. The number of sulfonamides is 1. The van der Waals surface area contributed by atoms with Crippen LogP contribution in [0.2, 0.25) is 0 Å². The first-order valence-electron chi connectivity index (χ1n) is 13.5. The van der Waals surface area contributed by atoms with Crippen molar-refractivity contribution in [3.05, 3.63) is 60.2 Å². The number of hydrogen-bond acceptors (Lipinski definition) is 7. The van der Waals surface area contributed by atoms with E-state index < -0.39 is 40.1 Å². The minimum Gasteiger partial charge on any atom is -0.497 e. The zero-order chi connectivity index (χ0) is 28.5. The third kappa shape index (κ3) is 10.1. The summed E-state index contributed by atoms with van der Waals surface area (Å²) in [7, 11) is -2.58. The number of amides is 1. The monoisotopic (exact) mass is 562 g/mol. The molecule has 216 valence electrons. The van der Waals surface area contributed by atoms with Crippen LogP contribution in [-0.4, -0.2) is 57.3 Å². The van der Waals surface area contributed by atoms with Crippen molar-refractivity contribution in [3.63, 3.8) is 0 Å². The average molecular weight is 563 g/mol. The van der Waals surface area contributed by atoms with E-state index in [1.165, 1.54) is 25.7 Å². The van der Waals surface area contributed by atoms with Crippen molar-refractivity contribution in [1.82, 2.24) is 10.0 Å².